The molecule has 8 heavy (non-hydrogen) atoms. The largest absolute Gasteiger partial charge is 0.0984 e. The molecule has 0 unspecified atom stereocenters. The molecule has 0 rings (SSSR count). The highest BCUT2D eigenvalue weighted by Gasteiger charge is 1.45. The summed E-state index contributed by atoms with van der Waals surface area (Å²) in [4.78, 5) is 0. The van der Waals surface area contributed by atoms with Gasteiger partial charge >= 0.3 is 0 Å². The maximum absolute atomic E-state index is 3.46. The summed E-state index contributed by atoms with van der Waals surface area (Å²) < 4.78 is 0. The van der Waals surface area contributed by atoms with Crippen molar-refractivity contribution < 1.29 is 0 Å². The SMILES string of the molecule is C=CC=C=C=CC=C. The maximum atomic E-state index is 3.46. The highest BCUT2D eigenvalue weighted by Crippen LogP contribution is 1.66. The fraction of sp³-hybridized carbons (Fsp3) is 0. The van der Waals surface area contributed by atoms with Crippen LogP contribution in [0.1, 0.15) is 0 Å². The van der Waals surface area contributed by atoms with Crippen molar-refractivity contribution in [2.24, 2.45) is 0 Å². The van der Waals surface area contributed by atoms with Gasteiger partial charge < -0.3 is 0 Å². The molecule has 40 valence electrons. The van der Waals surface area contributed by atoms with E-state index in [2.05, 4.69) is 24.6 Å². The minimum Gasteiger partial charge on any atom is -0.0984 e. The fourth-order valence-electron chi connectivity index (χ4n) is 0.214. The van der Waals surface area contributed by atoms with Crippen molar-refractivity contribution in [1.29, 1.82) is 0 Å². The van der Waals surface area contributed by atoms with Gasteiger partial charge in [0.05, 0.1) is 0 Å². The molecule has 0 heterocycles. The van der Waals surface area contributed by atoms with E-state index in [0.717, 1.165) is 0 Å². The lowest BCUT2D eigenvalue weighted by molar-refractivity contribution is 2.02. The molecule has 0 aromatic rings. The normalized spacial score (nSPS) is 5.50. The summed E-state index contributed by atoms with van der Waals surface area (Å²) in [7, 11) is 0. The van der Waals surface area contributed by atoms with Gasteiger partial charge in [-0.2, -0.15) is 0 Å². The molecule has 0 spiro atoms. The minimum absolute atomic E-state index is 1.64. The van der Waals surface area contributed by atoms with Crippen LogP contribution < -0.4 is 0 Å². The third-order valence-corrected chi connectivity index (χ3v) is 0.486. The van der Waals surface area contributed by atoms with Crippen molar-refractivity contribution in [1.82, 2.24) is 0 Å². The molecule has 0 aliphatic rings. The lowest BCUT2D eigenvalue weighted by Crippen LogP contribution is -1.34. The number of hydrogen-bond acceptors (Lipinski definition) is 0. The molecule has 0 saturated carbocycles. The van der Waals surface area contributed by atoms with Gasteiger partial charge in [0, 0.05) is 0 Å². The lowest BCUT2D eigenvalue weighted by atomic mass is 10.5. The van der Waals surface area contributed by atoms with E-state index in [-0.39, 0.29) is 0 Å². The quantitative estimate of drug-likeness (QED) is 0.372. The monoisotopic (exact) mass is 104 g/mol. The van der Waals surface area contributed by atoms with Crippen molar-refractivity contribution >= 4 is 0 Å². The molecule has 0 saturated heterocycles. The van der Waals surface area contributed by atoms with Crippen LogP contribution in [0.2, 0.25) is 0 Å². The third kappa shape index (κ3) is 4.78. The second-order valence-corrected chi connectivity index (χ2v) is 1.09. The average Bonchev–Trinajstić information content (AvgIpc) is 1.81. The first-order valence-electron chi connectivity index (χ1n) is 2.31. The van der Waals surface area contributed by atoms with E-state index in [1.807, 2.05) is 0 Å². The zero-order valence-corrected chi connectivity index (χ0v) is 4.72. The van der Waals surface area contributed by atoms with Crippen LogP contribution in [-0.4, -0.2) is 0 Å². The maximum Gasteiger partial charge on any atom is -0.0121 e. The van der Waals surface area contributed by atoms with E-state index < -0.39 is 0 Å². The summed E-state index contributed by atoms with van der Waals surface area (Å²) in [5.74, 6) is 0. The third-order valence-electron chi connectivity index (χ3n) is 0.486. The molecule has 0 nitrogen and oxygen atoms in total. The van der Waals surface area contributed by atoms with E-state index in [0.29, 0.717) is 0 Å². The molecule has 0 aromatic carbocycles. The Morgan fingerprint density at radius 1 is 0.875 bits per heavy atom. The van der Waals surface area contributed by atoms with Crippen molar-refractivity contribution in [3.63, 3.8) is 0 Å². The molecular formula is C8H8. The topological polar surface area (TPSA) is 0 Å². The zero-order chi connectivity index (χ0) is 6.24. The van der Waals surface area contributed by atoms with Gasteiger partial charge in [-0.15, -0.1) is 0 Å². The van der Waals surface area contributed by atoms with Crippen LogP contribution in [0, 0.1) is 0 Å². The van der Waals surface area contributed by atoms with Gasteiger partial charge in [0.1, 0.15) is 0 Å². The van der Waals surface area contributed by atoms with Crippen LogP contribution in [0.4, 0.5) is 0 Å². The Morgan fingerprint density at radius 3 is 1.50 bits per heavy atom. The van der Waals surface area contributed by atoms with Crippen molar-refractivity contribution in [2.45, 2.75) is 0 Å². The Morgan fingerprint density at radius 2 is 1.25 bits per heavy atom. The van der Waals surface area contributed by atoms with E-state index in [1.165, 1.54) is 0 Å². The second-order valence-electron chi connectivity index (χ2n) is 1.09. The van der Waals surface area contributed by atoms with E-state index in [1.54, 1.807) is 24.3 Å². The van der Waals surface area contributed by atoms with Crippen LogP contribution in [0.15, 0.2) is 48.9 Å². The van der Waals surface area contributed by atoms with E-state index in [4.69, 9.17) is 0 Å². The molecule has 0 aromatic heterocycles. The molecule has 0 amide bonds. The summed E-state index contributed by atoms with van der Waals surface area (Å²) in [5, 5.41) is 0. The highest BCUT2D eigenvalue weighted by molar-refractivity contribution is 5.01. The summed E-state index contributed by atoms with van der Waals surface area (Å²) in [6, 6.07) is 0. The van der Waals surface area contributed by atoms with Gasteiger partial charge in [-0.05, 0) is 12.2 Å². The van der Waals surface area contributed by atoms with Gasteiger partial charge in [-0.25, -0.2) is 0 Å². The molecule has 0 N–H and O–H groups in total. The predicted molar refractivity (Wildman–Crippen MR) is 36.6 cm³/mol. The Hall–Kier alpha value is -1.22. The Labute approximate surface area is 49.8 Å². The molecule has 0 radical (unpaired) electrons. The molecule has 0 heteroatoms. The van der Waals surface area contributed by atoms with Crippen molar-refractivity contribution in [3.05, 3.63) is 48.9 Å². The van der Waals surface area contributed by atoms with Gasteiger partial charge in [0.15, 0.2) is 0 Å². The average molecular weight is 104 g/mol. The predicted octanol–water partition coefficient (Wildman–Crippen LogP) is 2.22. The first kappa shape index (κ1) is 6.78. The van der Waals surface area contributed by atoms with E-state index >= 15 is 0 Å². The Balaban J connectivity index is 3.98. The number of allylic oxidation sites excluding steroid dienone is 4. The van der Waals surface area contributed by atoms with Crippen LogP contribution in [-0.2, 0) is 0 Å². The van der Waals surface area contributed by atoms with Crippen LogP contribution in [0.3, 0.4) is 0 Å². The zero-order valence-electron chi connectivity index (χ0n) is 4.72. The van der Waals surface area contributed by atoms with Gasteiger partial charge in [0.2, 0.25) is 0 Å². The standard InChI is InChI=1S/C8H8/c1-3-5-7-8-6-4-2/h3-6H,1-2H2. The Bertz CT molecular complexity index is 140. The molecule has 0 bridgehead atoms. The van der Waals surface area contributed by atoms with Crippen molar-refractivity contribution in [3.8, 4) is 0 Å². The molecule has 0 aliphatic heterocycles. The van der Waals surface area contributed by atoms with Crippen LogP contribution in [0.25, 0.3) is 0 Å². The van der Waals surface area contributed by atoms with Gasteiger partial charge in [-0.3, -0.25) is 0 Å². The fourth-order valence-corrected chi connectivity index (χ4v) is 0.214. The summed E-state index contributed by atoms with van der Waals surface area (Å²) in [6.07, 6.45) is 6.65. The van der Waals surface area contributed by atoms with Gasteiger partial charge in [0.25, 0.3) is 0 Å². The van der Waals surface area contributed by atoms with Crippen LogP contribution in [0.5, 0.6) is 0 Å². The lowest BCUT2D eigenvalue weighted by Gasteiger charge is -1.54. The number of hydrogen-bond donors (Lipinski definition) is 0. The highest BCUT2D eigenvalue weighted by atomic mass is 13.5. The van der Waals surface area contributed by atoms with Gasteiger partial charge in [-0.1, -0.05) is 36.8 Å². The summed E-state index contributed by atoms with van der Waals surface area (Å²) >= 11 is 0. The molecule has 0 aliphatic carbocycles. The molecule has 0 atom stereocenters. The first-order valence-corrected chi connectivity index (χ1v) is 2.31. The Kier molecular flexibility index (Phi) is 4.90. The minimum atomic E-state index is 1.64. The first-order chi connectivity index (χ1) is 3.91. The van der Waals surface area contributed by atoms with E-state index in [9.17, 15) is 0 Å². The number of rotatable bonds is 2. The smallest absolute Gasteiger partial charge is 0.0121 e. The summed E-state index contributed by atoms with van der Waals surface area (Å²) in [5.41, 5.74) is 5.43. The summed E-state index contributed by atoms with van der Waals surface area (Å²) in [6.45, 7) is 6.92. The molecule has 0 fully saturated rings. The molecular weight excluding hydrogens is 96.1 g/mol. The second kappa shape index (κ2) is 5.78. The van der Waals surface area contributed by atoms with Crippen LogP contribution >= 0.6 is 0 Å². The van der Waals surface area contributed by atoms with Crippen molar-refractivity contribution in [2.75, 3.05) is 0 Å².